The van der Waals surface area contributed by atoms with E-state index in [4.69, 9.17) is 11.5 Å². The molecule has 0 aromatic rings. The second-order valence-corrected chi connectivity index (χ2v) is 3.69. The average Bonchev–Trinajstić information content (AvgIpc) is 2.09. The molecule has 0 unspecified atom stereocenters. The Balaban J connectivity index is 2.46. The summed E-state index contributed by atoms with van der Waals surface area (Å²) in [6.07, 6.45) is 4.01. The SMILES string of the molecule is CCN(C(N)=O)C1CCC(N)CC1. The summed E-state index contributed by atoms with van der Waals surface area (Å²) < 4.78 is 0. The van der Waals surface area contributed by atoms with Gasteiger partial charge in [-0.1, -0.05) is 0 Å². The van der Waals surface area contributed by atoms with Gasteiger partial charge in [0.25, 0.3) is 0 Å². The topological polar surface area (TPSA) is 72.3 Å². The van der Waals surface area contributed by atoms with Crippen LogP contribution in [0.15, 0.2) is 0 Å². The van der Waals surface area contributed by atoms with Gasteiger partial charge in [-0.2, -0.15) is 0 Å². The van der Waals surface area contributed by atoms with E-state index < -0.39 is 0 Å². The molecular weight excluding hydrogens is 166 g/mol. The molecule has 0 aromatic heterocycles. The fraction of sp³-hybridized carbons (Fsp3) is 0.889. The van der Waals surface area contributed by atoms with Crippen LogP contribution in [0.3, 0.4) is 0 Å². The minimum Gasteiger partial charge on any atom is -0.351 e. The van der Waals surface area contributed by atoms with Gasteiger partial charge in [-0.15, -0.1) is 0 Å². The van der Waals surface area contributed by atoms with Crippen molar-refractivity contribution in [2.24, 2.45) is 11.5 Å². The van der Waals surface area contributed by atoms with Crippen molar-refractivity contribution >= 4 is 6.03 Å². The van der Waals surface area contributed by atoms with Gasteiger partial charge in [-0.3, -0.25) is 0 Å². The normalized spacial score (nSPS) is 28.5. The molecule has 4 N–H and O–H groups in total. The molecule has 1 saturated carbocycles. The molecule has 0 heterocycles. The van der Waals surface area contributed by atoms with Crippen LogP contribution in [-0.4, -0.2) is 29.6 Å². The number of hydrogen-bond acceptors (Lipinski definition) is 2. The number of primary amides is 1. The molecule has 1 rings (SSSR count). The molecule has 13 heavy (non-hydrogen) atoms. The lowest BCUT2D eigenvalue weighted by Crippen LogP contribution is -2.46. The summed E-state index contributed by atoms with van der Waals surface area (Å²) in [5.41, 5.74) is 11.0. The van der Waals surface area contributed by atoms with Crippen molar-refractivity contribution < 1.29 is 4.79 Å². The Kier molecular flexibility index (Phi) is 3.54. The van der Waals surface area contributed by atoms with Crippen molar-refractivity contribution in [3.63, 3.8) is 0 Å². The maximum atomic E-state index is 11.0. The van der Waals surface area contributed by atoms with Gasteiger partial charge in [0, 0.05) is 18.6 Å². The summed E-state index contributed by atoms with van der Waals surface area (Å²) in [6, 6.07) is 0.341. The highest BCUT2D eigenvalue weighted by atomic mass is 16.2. The Hall–Kier alpha value is -0.770. The predicted molar refractivity (Wildman–Crippen MR) is 52.2 cm³/mol. The van der Waals surface area contributed by atoms with Gasteiger partial charge in [0.05, 0.1) is 0 Å². The summed E-state index contributed by atoms with van der Waals surface area (Å²) in [5.74, 6) is 0. The summed E-state index contributed by atoms with van der Waals surface area (Å²) in [4.78, 5) is 12.8. The van der Waals surface area contributed by atoms with Gasteiger partial charge >= 0.3 is 6.03 Å². The standard InChI is InChI=1S/C9H19N3O/c1-2-12(9(11)13)8-5-3-7(10)4-6-8/h7-8H,2-6,10H2,1H3,(H2,11,13). The van der Waals surface area contributed by atoms with Crippen LogP contribution in [0.2, 0.25) is 0 Å². The summed E-state index contributed by atoms with van der Waals surface area (Å²) >= 11 is 0. The number of amides is 2. The van der Waals surface area contributed by atoms with E-state index >= 15 is 0 Å². The number of hydrogen-bond donors (Lipinski definition) is 2. The molecule has 4 nitrogen and oxygen atoms in total. The Labute approximate surface area is 79.3 Å². The predicted octanol–water partition coefficient (Wildman–Crippen LogP) is 0.657. The van der Waals surface area contributed by atoms with E-state index in [2.05, 4.69) is 0 Å². The van der Waals surface area contributed by atoms with Crippen LogP contribution in [0, 0.1) is 0 Å². The van der Waals surface area contributed by atoms with Crippen LogP contribution >= 0.6 is 0 Å². The van der Waals surface area contributed by atoms with E-state index in [1.54, 1.807) is 4.90 Å². The fourth-order valence-electron chi connectivity index (χ4n) is 2.01. The van der Waals surface area contributed by atoms with Gasteiger partial charge in [0.2, 0.25) is 0 Å². The van der Waals surface area contributed by atoms with Crippen LogP contribution in [-0.2, 0) is 0 Å². The molecular formula is C9H19N3O. The highest BCUT2D eigenvalue weighted by Gasteiger charge is 2.24. The first-order chi connectivity index (χ1) is 6.15. The zero-order valence-electron chi connectivity index (χ0n) is 8.20. The highest BCUT2D eigenvalue weighted by Crippen LogP contribution is 2.21. The fourth-order valence-corrected chi connectivity index (χ4v) is 2.01. The van der Waals surface area contributed by atoms with Crippen LogP contribution in [0.25, 0.3) is 0 Å². The van der Waals surface area contributed by atoms with Crippen molar-refractivity contribution in [3.8, 4) is 0 Å². The molecule has 76 valence electrons. The lowest BCUT2D eigenvalue weighted by molar-refractivity contribution is 0.164. The number of nitrogens with zero attached hydrogens (tertiary/aromatic N) is 1. The Morgan fingerprint density at radius 1 is 1.38 bits per heavy atom. The van der Waals surface area contributed by atoms with Crippen molar-refractivity contribution in [2.75, 3.05) is 6.54 Å². The molecule has 0 bridgehead atoms. The smallest absolute Gasteiger partial charge is 0.315 e. The molecule has 0 saturated heterocycles. The van der Waals surface area contributed by atoms with E-state index in [0.717, 1.165) is 25.7 Å². The number of nitrogens with two attached hydrogens (primary N) is 2. The van der Waals surface area contributed by atoms with E-state index in [0.29, 0.717) is 18.6 Å². The zero-order chi connectivity index (χ0) is 9.84. The van der Waals surface area contributed by atoms with E-state index in [9.17, 15) is 4.79 Å². The van der Waals surface area contributed by atoms with Crippen LogP contribution in [0.5, 0.6) is 0 Å². The van der Waals surface area contributed by atoms with Gasteiger partial charge in [0.15, 0.2) is 0 Å². The molecule has 0 aromatic carbocycles. The van der Waals surface area contributed by atoms with Crippen LogP contribution < -0.4 is 11.5 Å². The second kappa shape index (κ2) is 4.46. The highest BCUT2D eigenvalue weighted by molar-refractivity contribution is 5.72. The van der Waals surface area contributed by atoms with Crippen molar-refractivity contribution in [3.05, 3.63) is 0 Å². The molecule has 0 atom stereocenters. The first-order valence-electron chi connectivity index (χ1n) is 4.96. The summed E-state index contributed by atoms with van der Waals surface area (Å²) in [5, 5.41) is 0. The number of rotatable bonds is 2. The molecule has 0 radical (unpaired) electrons. The van der Waals surface area contributed by atoms with Gasteiger partial charge in [0.1, 0.15) is 0 Å². The lowest BCUT2D eigenvalue weighted by Gasteiger charge is -2.34. The first kappa shape index (κ1) is 10.3. The monoisotopic (exact) mass is 185 g/mol. The molecule has 1 aliphatic carbocycles. The third-order valence-electron chi connectivity index (χ3n) is 2.81. The second-order valence-electron chi connectivity index (χ2n) is 3.69. The van der Waals surface area contributed by atoms with E-state index in [-0.39, 0.29) is 6.03 Å². The maximum absolute atomic E-state index is 11.0. The molecule has 1 fully saturated rings. The van der Waals surface area contributed by atoms with E-state index in [1.807, 2.05) is 6.92 Å². The summed E-state index contributed by atoms with van der Waals surface area (Å²) in [6.45, 7) is 2.66. The molecule has 1 aliphatic rings. The first-order valence-corrected chi connectivity index (χ1v) is 4.96. The minimum absolute atomic E-state index is 0.303. The Morgan fingerprint density at radius 3 is 2.31 bits per heavy atom. The van der Waals surface area contributed by atoms with E-state index in [1.165, 1.54) is 0 Å². The van der Waals surface area contributed by atoms with Gasteiger partial charge in [-0.25, -0.2) is 4.79 Å². The average molecular weight is 185 g/mol. The van der Waals surface area contributed by atoms with Crippen LogP contribution in [0.4, 0.5) is 4.79 Å². The van der Waals surface area contributed by atoms with Gasteiger partial charge < -0.3 is 16.4 Å². The molecule has 4 heteroatoms. The number of carbonyl (C=O) groups is 1. The number of carbonyl (C=O) groups excluding carboxylic acids is 1. The minimum atomic E-state index is -0.303. The van der Waals surface area contributed by atoms with Crippen molar-refractivity contribution in [1.82, 2.24) is 4.90 Å². The van der Waals surface area contributed by atoms with Crippen molar-refractivity contribution in [1.29, 1.82) is 0 Å². The maximum Gasteiger partial charge on any atom is 0.315 e. The zero-order valence-corrected chi connectivity index (χ0v) is 8.20. The summed E-state index contributed by atoms with van der Waals surface area (Å²) in [7, 11) is 0. The Morgan fingerprint density at radius 2 is 1.92 bits per heavy atom. The Bertz CT molecular complexity index is 176. The largest absolute Gasteiger partial charge is 0.351 e. The molecule has 2 amide bonds. The van der Waals surface area contributed by atoms with Crippen molar-refractivity contribution in [2.45, 2.75) is 44.7 Å². The van der Waals surface area contributed by atoms with Crippen LogP contribution in [0.1, 0.15) is 32.6 Å². The number of urea groups is 1. The van der Waals surface area contributed by atoms with Gasteiger partial charge in [-0.05, 0) is 32.6 Å². The molecule has 0 aliphatic heterocycles. The third-order valence-corrected chi connectivity index (χ3v) is 2.81. The lowest BCUT2D eigenvalue weighted by atomic mass is 9.91. The quantitative estimate of drug-likeness (QED) is 0.663. The third kappa shape index (κ3) is 2.59. The molecule has 0 spiro atoms.